The van der Waals surface area contributed by atoms with Gasteiger partial charge in [0.15, 0.2) is 5.69 Å². The first-order valence-corrected chi connectivity index (χ1v) is 6.00. The number of nitro benzene ring substituents is 2. The average Bonchev–Trinajstić information content (AvgIpc) is 2.96. The summed E-state index contributed by atoms with van der Waals surface area (Å²) >= 11 is 0. The number of anilines is 1. The number of nitrogens with one attached hydrogen (secondary N) is 1. The maximum atomic E-state index is 12.7. The Morgan fingerprint density at radius 2 is 1.70 bits per heavy atom. The van der Waals surface area contributed by atoms with Crippen molar-refractivity contribution in [3.05, 3.63) is 62.1 Å². The van der Waals surface area contributed by atoms with Gasteiger partial charge in [-0.25, -0.2) is 0 Å². The number of halogens is 3. The van der Waals surface area contributed by atoms with Gasteiger partial charge in [-0.2, -0.15) is 13.2 Å². The Hall–Kier alpha value is -3.11. The standard InChI is InChI=1S/C12H8F3N3O5/c13-12(14,15)7-4-9(17(19)20)11(10(5-7)18(21)22)16-6-8-2-1-3-23-8/h1-5,16H,6H2. The van der Waals surface area contributed by atoms with Crippen molar-refractivity contribution in [1.82, 2.24) is 0 Å². The van der Waals surface area contributed by atoms with E-state index in [0.717, 1.165) is 0 Å². The van der Waals surface area contributed by atoms with Gasteiger partial charge in [0.25, 0.3) is 11.4 Å². The zero-order valence-corrected chi connectivity index (χ0v) is 11.2. The van der Waals surface area contributed by atoms with E-state index < -0.39 is 38.6 Å². The SMILES string of the molecule is O=[N+]([O-])c1cc(C(F)(F)F)cc([N+](=O)[O-])c1NCc1ccco1. The van der Waals surface area contributed by atoms with E-state index in [2.05, 4.69) is 5.32 Å². The smallest absolute Gasteiger partial charge is 0.416 e. The number of benzene rings is 1. The first kappa shape index (κ1) is 16.3. The predicted molar refractivity (Wildman–Crippen MR) is 70.8 cm³/mol. The van der Waals surface area contributed by atoms with Crippen molar-refractivity contribution in [2.75, 3.05) is 5.32 Å². The van der Waals surface area contributed by atoms with Crippen molar-refractivity contribution < 1.29 is 27.4 Å². The number of furan rings is 1. The highest BCUT2D eigenvalue weighted by Gasteiger charge is 2.37. The monoisotopic (exact) mass is 331 g/mol. The van der Waals surface area contributed by atoms with Crippen LogP contribution in [-0.4, -0.2) is 9.85 Å². The average molecular weight is 331 g/mol. The fraction of sp³-hybridized carbons (Fsp3) is 0.167. The quantitative estimate of drug-likeness (QED) is 0.660. The molecule has 0 aliphatic rings. The van der Waals surface area contributed by atoms with E-state index in [1.54, 1.807) is 0 Å². The molecule has 11 heteroatoms. The molecule has 2 aromatic rings. The van der Waals surface area contributed by atoms with Gasteiger partial charge in [0.05, 0.1) is 28.2 Å². The molecule has 0 unspecified atom stereocenters. The first-order valence-electron chi connectivity index (χ1n) is 6.00. The summed E-state index contributed by atoms with van der Waals surface area (Å²) in [6.45, 7) is -0.167. The highest BCUT2D eigenvalue weighted by molar-refractivity contribution is 5.75. The Balaban J connectivity index is 2.53. The number of nitrogens with zero attached hydrogens (tertiary/aromatic N) is 2. The third-order valence-corrected chi connectivity index (χ3v) is 2.84. The molecule has 1 aromatic heterocycles. The van der Waals surface area contributed by atoms with Gasteiger partial charge in [-0.1, -0.05) is 0 Å². The number of alkyl halides is 3. The second-order valence-corrected chi connectivity index (χ2v) is 4.33. The maximum absolute atomic E-state index is 12.7. The summed E-state index contributed by atoms with van der Waals surface area (Å²) in [6.07, 6.45) is -3.64. The topological polar surface area (TPSA) is 111 Å². The van der Waals surface area contributed by atoms with E-state index in [1.165, 1.54) is 18.4 Å². The zero-order chi connectivity index (χ0) is 17.2. The minimum atomic E-state index is -4.95. The Kier molecular flexibility index (Phi) is 4.20. The molecule has 0 atom stereocenters. The molecule has 0 aliphatic carbocycles. The van der Waals surface area contributed by atoms with Gasteiger partial charge in [-0.3, -0.25) is 20.2 Å². The molecule has 0 spiro atoms. The lowest BCUT2D eigenvalue weighted by Crippen LogP contribution is -2.10. The van der Waals surface area contributed by atoms with Crippen LogP contribution in [0.4, 0.5) is 30.2 Å². The molecule has 122 valence electrons. The molecule has 23 heavy (non-hydrogen) atoms. The summed E-state index contributed by atoms with van der Waals surface area (Å²) in [5.74, 6) is 0.300. The van der Waals surface area contributed by atoms with Gasteiger partial charge in [0.1, 0.15) is 5.76 Å². The highest BCUT2D eigenvalue weighted by Crippen LogP contribution is 2.41. The minimum absolute atomic E-state index is 0.167. The van der Waals surface area contributed by atoms with Gasteiger partial charge in [-0.15, -0.1) is 0 Å². The minimum Gasteiger partial charge on any atom is -0.467 e. The lowest BCUT2D eigenvalue weighted by Gasteiger charge is -2.10. The van der Waals surface area contributed by atoms with Crippen LogP contribution < -0.4 is 5.32 Å². The molecule has 2 rings (SSSR count). The van der Waals surface area contributed by atoms with E-state index >= 15 is 0 Å². The van der Waals surface area contributed by atoms with Gasteiger partial charge in [0, 0.05) is 12.1 Å². The first-order chi connectivity index (χ1) is 10.7. The van der Waals surface area contributed by atoms with Crippen molar-refractivity contribution in [3.8, 4) is 0 Å². The van der Waals surface area contributed by atoms with Crippen LogP contribution in [0.5, 0.6) is 0 Å². The van der Waals surface area contributed by atoms with Crippen molar-refractivity contribution >= 4 is 17.1 Å². The van der Waals surface area contributed by atoms with Crippen LogP contribution >= 0.6 is 0 Å². The van der Waals surface area contributed by atoms with E-state index in [9.17, 15) is 33.4 Å². The largest absolute Gasteiger partial charge is 0.467 e. The normalized spacial score (nSPS) is 11.3. The molecule has 8 nitrogen and oxygen atoms in total. The second kappa shape index (κ2) is 5.94. The Morgan fingerprint density at radius 1 is 1.13 bits per heavy atom. The van der Waals surface area contributed by atoms with E-state index in [-0.39, 0.29) is 18.7 Å². The maximum Gasteiger partial charge on any atom is 0.416 e. The van der Waals surface area contributed by atoms with E-state index in [4.69, 9.17) is 4.42 Å². The second-order valence-electron chi connectivity index (χ2n) is 4.33. The molecule has 0 radical (unpaired) electrons. The Labute approximate surface area is 125 Å². The third-order valence-electron chi connectivity index (χ3n) is 2.84. The van der Waals surface area contributed by atoms with Gasteiger partial charge < -0.3 is 9.73 Å². The van der Waals surface area contributed by atoms with Gasteiger partial charge in [0.2, 0.25) is 0 Å². The zero-order valence-electron chi connectivity index (χ0n) is 11.2. The van der Waals surface area contributed by atoms with Crippen LogP contribution in [0, 0.1) is 20.2 Å². The lowest BCUT2D eigenvalue weighted by atomic mass is 10.1. The summed E-state index contributed by atoms with van der Waals surface area (Å²) in [6, 6.07) is 3.51. The molecule has 0 amide bonds. The van der Waals surface area contributed by atoms with Crippen molar-refractivity contribution in [1.29, 1.82) is 0 Å². The Bertz CT molecular complexity index is 708. The Morgan fingerprint density at radius 3 is 2.09 bits per heavy atom. The van der Waals surface area contributed by atoms with Crippen LogP contribution in [0.15, 0.2) is 34.9 Å². The summed E-state index contributed by atoms with van der Waals surface area (Å²) < 4.78 is 43.2. The van der Waals surface area contributed by atoms with Crippen molar-refractivity contribution in [2.45, 2.75) is 12.7 Å². The van der Waals surface area contributed by atoms with E-state index in [0.29, 0.717) is 5.76 Å². The summed E-state index contributed by atoms with van der Waals surface area (Å²) in [5.41, 5.74) is -4.18. The predicted octanol–water partition coefficient (Wildman–Crippen LogP) is 3.73. The molecule has 1 N–H and O–H groups in total. The number of nitro groups is 2. The third kappa shape index (κ3) is 3.56. The van der Waals surface area contributed by atoms with Gasteiger partial charge >= 0.3 is 6.18 Å². The summed E-state index contributed by atoms with van der Waals surface area (Å²) in [4.78, 5) is 19.7. The van der Waals surface area contributed by atoms with Crippen LogP contribution in [0.2, 0.25) is 0 Å². The molecular weight excluding hydrogens is 323 g/mol. The lowest BCUT2D eigenvalue weighted by molar-refractivity contribution is -0.392. The van der Waals surface area contributed by atoms with Crippen LogP contribution in [0.3, 0.4) is 0 Å². The van der Waals surface area contributed by atoms with Gasteiger partial charge in [-0.05, 0) is 12.1 Å². The fourth-order valence-electron chi connectivity index (χ4n) is 1.83. The van der Waals surface area contributed by atoms with Crippen molar-refractivity contribution in [2.24, 2.45) is 0 Å². The number of hydrogen-bond donors (Lipinski definition) is 1. The van der Waals surface area contributed by atoms with Crippen LogP contribution in [0.25, 0.3) is 0 Å². The number of rotatable bonds is 5. The molecule has 1 heterocycles. The molecule has 1 aromatic carbocycles. The highest BCUT2D eigenvalue weighted by atomic mass is 19.4. The molecule has 0 bridgehead atoms. The molecule has 0 saturated carbocycles. The van der Waals surface area contributed by atoms with Crippen LogP contribution in [-0.2, 0) is 12.7 Å². The van der Waals surface area contributed by atoms with Crippen molar-refractivity contribution in [3.63, 3.8) is 0 Å². The number of hydrogen-bond acceptors (Lipinski definition) is 6. The molecule has 0 fully saturated rings. The van der Waals surface area contributed by atoms with E-state index in [1.807, 2.05) is 0 Å². The fourth-order valence-corrected chi connectivity index (χ4v) is 1.83. The molecule has 0 aliphatic heterocycles. The molecule has 0 saturated heterocycles. The molecular formula is C12H8F3N3O5. The van der Waals surface area contributed by atoms with Crippen LogP contribution in [0.1, 0.15) is 11.3 Å². The summed E-state index contributed by atoms with van der Waals surface area (Å²) in [7, 11) is 0. The summed E-state index contributed by atoms with van der Waals surface area (Å²) in [5, 5.41) is 24.4.